The molecule has 1 atom stereocenters. The van der Waals surface area contributed by atoms with E-state index in [-0.39, 0.29) is 19.3 Å². The monoisotopic (exact) mass is 296 g/mol. The number of nitrogens with two attached hydrogens (primary N) is 1. The van der Waals surface area contributed by atoms with Crippen molar-refractivity contribution in [2.75, 3.05) is 32.7 Å². The maximum absolute atomic E-state index is 11.5. The van der Waals surface area contributed by atoms with Crippen LogP contribution in [0.15, 0.2) is 24.3 Å². The Labute approximate surface area is 123 Å². The Bertz CT molecular complexity index is 478. The van der Waals surface area contributed by atoms with Gasteiger partial charge in [-0.3, -0.25) is 4.79 Å². The van der Waals surface area contributed by atoms with Gasteiger partial charge in [-0.05, 0) is 19.1 Å². The quantitative estimate of drug-likeness (QED) is 0.530. The SMILES string of the molecule is COCC(C)NC(=O)COC(=O)COc1ccccc1N. The minimum atomic E-state index is -0.646. The molecule has 116 valence electrons. The number of amides is 1. The number of anilines is 1. The lowest BCUT2D eigenvalue weighted by molar-refractivity contribution is -0.150. The fourth-order valence-corrected chi connectivity index (χ4v) is 1.54. The minimum absolute atomic E-state index is 0.151. The van der Waals surface area contributed by atoms with Crippen LogP contribution in [0.5, 0.6) is 5.75 Å². The molecular weight excluding hydrogens is 276 g/mol. The molecule has 0 fully saturated rings. The Hall–Kier alpha value is -2.28. The van der Waals surface area contributed by atoms with Gasteiger partial charge in [-0.15, -0.1) is 0 Å². The standard InChI is InChI=1S/C14H20N2O5/c1-10(7-19-2)16-13(17)8-21-14(18)9-20-12-6-4-3-5-11(12)15/h3-6,10H,7-9,15H2,1-2H3,(H,16,17). The molecule has 21 heavy (non-hydrogen) atoms. The summed E-state index contributed by atoms with van der Waals surface area (Å²) in [6.07, 6.45) is 0. The average molecular weight is 296 g/mol. The highest BCUT2D eigenvalue weighted by Crippen LogP contribution is 2.19. The molecule has 1 unspecified atom stereocenters. The van der Waals surface area contributed by atoms with Crippen molar-refractivity contribution in [2.45, 2.75) is 13.0 Å². The zero-order valence-electron chi connectivity index (χ0n) is 12.1. The topological polar surface area (TPSA) is 99.9 Å². The van der Waals surface area contributed by atoms with Gasteiger partial charge in [0.25, 0.3) is 5.91 Å². The first-order valence-corrected chi connectivity index (χ1v) is 6.44. The first kappa shape index (κ1) is 16.8. The van der Waals surface area contributed by atoms with Crippen LogP contribution in [0.3, 0.4) is 0 Å². The number of esters is 1. The summed E-state index contributed by atoms with van der Waals surface area (Å²) in [7, 11) is 1.54. The molecule has 1 amide bonds. The van der Waals surface area contributed by atoms with Crippen molar-refractivity contribution in [1.82, 2.24) is 5.32 Å². The molecule has 0 aliphatic heterocycles. The van der Waals surface area contributed by atoms with Gasteiger partial charge in [0.15, 0.2) is 13.2 Å². The molecule has 1 aromatic carbocycles. The Morgan fingerprint density at radius 3 is 2.67 bits per heavy atom. The Balaban J connectivity index is 2.25. The Morgan fingerprint density at radius 1 is 1.29 bits per heavy atom. The molecule has 0 aliphatic carbocycles. The number of methoxy groups -OCH3 is 1. The summed E-state index contributed by atoms with van der Waals surface area (Å²) in [5.74, 6) is -0.646. The normalized spacial score (nSPS) is 11.5. The predicted molar refractivity (Wildman–Crippen MR) is 76.8 cm³/mol. The molecule has 0 saturated carbocycles. The van der Waals surface area contributed by atoms with Crippen molar-refractivity contribution in [3.05, 3.63) is 24.3 Å². The summed E-state index contributed by atoms with van der Waals surface area (Å²) in [6.45, 7) is 1.50. The molecule has 0 radical (unpaired) electrons. The summed E-state index contributed by atoms with van der Waals surface area (Å²) in [6, 6.07) is 6.64. The fourth-order valence-electron chi connectivity index (χ4n) is 1.54. The van der Waals surface area contributed by atoms with Crippen molar-refractivity contribution in [3.63, 3.8) is 0 Å². The van der Waals surface area contributed by atoms with Crippen molar-refractivity contribution in [3.8, 4) is 5.75 Å². The number of benzene rings is 1. The molecule has 3 N–H and O–H groups in total. The van der Waals surface area contributed by atoms with Gasteiger partial charge >= 0.3 is 5.97 Å². The van der Waals surface area contributed by atoms with Crippen LogP contribution in [0.4, 0.5) is 5.69 Å². The molecule has 0 bridgehead atoms. The van der Waals surface area contributed by atoms with Crippen LogP contribution in [0.2, 0.25) is 0 Å². The third kappa shape index (κ3) is 6.62. The van der Waals surface area contributed by atoms with E-state index in [1.54, 1.807) is 31.2 Å². The second kappa shape index (κ2) is 8.80. The van der Waals surface area contributed by atoms with E-state index in [2.05, 4.69) is 5.32 Å². The lowest BCUT2D eigenvalue weighted by atomic mass is 10.3. The molecule has 7 heteroatoms. The second-order valence-corrected chi connectivity index (χ2v) is 4.41. The van der Waals surface area contributed by atoms with E-state index < -0.39 is 11.9 Å². The van der Waals surface area contributed by atoms with Gasteiger partial charge in [0.1, 0.15) is 5.75 Å². The van der Waals surface area contributed by atoms with E-state index in [1.165, 1.54) is 7.11 Å². The van der Waals surface area contributed by atoms with Gasteiger partial charge in [0.05, 0.1) is 12.3 Å². The third-order valence-electron chi connectivity index (χ3n) is 2.45. The Kier molecular flexibility index (Phi) is 7.03. The summed E-state index contributed by atoms with van der Waals surface area (Å²) < 4.78 is 14.9. The zero-order chi connectivity index (χ0) is 15.7. The zero-order valence-corrected chi connectivity index (χ0v) is 12.1. The highest BCUT2D eigenvalue weighted by Gasteiger charge is 2.11. The van der Waals surface area contributed by atoms with Crippen molar-refractivity contribution < 1.29 is 23.8 Å². The van der Waals surface area contributed by atoms with Crippen LogP contribution < -0.4 is 15.8 Å². The van der Waals surface area contributed by atoms with Gasteiger partial charge in [0.2, 0.25) is 0 Å². The van der Waals surface area contributed by atoms with E-state index in [9.17, 15) is 9.59 Å². The van der Waals surface area contributed by atoms with Crippen LogP contribution >= 0.6 is 0 Å². The van der Waals surface area contributed by atoms with Crippen molar-refractivity contribution in [2.24, 2.45) is 0 Å². The number of ether oxygens (including phenoxy) is 3. The largest absolute Gasteiger partial charge is 0.480 e. The number of carbonyl (C=O) groups excluding carboxylic acids is 2. The first-order valence-electron chi connectivity index (χ1n) is 6.44. The molecule has 1 rings (SSSR count). The summed E-state index contributed by atoms with van der Waals surface area (Å²) in [4.78, 5) is 22.9. The summed E-state index contributed by atoms with van der Waals surface area (Å²) in [5.41, 5.74) is 6.09. The van der Waals surface area contributed by atoms with E-state index in [0.29, 0.717) is 18.0 Å². The van der Waals surface area contributed by atoms with E-state index in [1.807, 2.05) is 0 Å². The Morgan fingerprint density at radius 2 is 2.00 bits per heavy atom. The van der Waals surface area contributed by atoms with Crippen LogP contribution in [0, 0.1) is 0 Å². The van der Waals surface area contributed by atoms with Gasteiger partial charge < -0.3 is 25.3 Å². The van der Waals surface area contributed by atoms with Crippen LogP contribution in [0.1, 0.15) is 6.92 Å². The number of rotatable bonds is 8. The van der Waals surface area contributed by atoms with Gasteiger partial charge in [-0.1, -0.05) is 12.1 Å². The van der Waals surface area contributed by atoms with Crippen LogP contribution in [-0.4, -0.2) is 44.8 Å². The van der Waals surface area contributed by atoms with Crippen molar-refractivity contribution >= 4 is 17.6 Å². The third-order valence-corrected chi connectivity index (χ3v) is 2.45. The maximum Gasteiger partial charge on any atom is 0.344 e. The molecular formula is C14H20N2O5. The molecule has 0 aromatic heterocycles. The number of para-hydroxylation sites is 2. The van der Waals surface area contributed by atoms with Gasteiger partial charge in [-0.2, -0.15) is 0 Å². The number of carbonyl (C=O) groups is 2. The predicted octanol–water partition coefficient (Wildman–Crippen LogP) is 0.342. The second-order valence-electron chi connectivity index (χ2n) is 4.41. The molecule has 1 aromatic rings. The number of hydrogen-bond donors (Lipinski definition) is 2. The number of nitrogens with one attached hydrogen (secondary N) is 1. The lowest BCUT2D eigenvalue weighted by Crippen LogP contribution is -2.38. The van der Waals surface area contributed by atoms with E-state index in [0.717, 1.165) is 0 Å². The first-order chi connectivity index (χ1) is 10.0. The smallest absolute Gasteiger partial charge is 0.344 e. The van der Waals surface area contributed by atoms with Crippen molar-refractivity contribution in [1.29, 1.82) is 0 Å². The fraction of sp³-hybridized carbons (Fsp3) is 0.429. The number of nitrogen functional groups attached to an aromatic ring is 1. The molecule has 7 nitrogen and oxygen atoms in total. The molecule has 0 saturated heterocycles. The molecule has 0 heterocycles. The van der Waals surface area contributed by atoms with Gasteiger partial charge in [0, 0.05) is 13.2 Å². The van der Waals surface area contributed by atoms with Crippen LogP contribution in [-0.2, 0) is 19.1 Å². The van der Waals surface area contributed by atoms with E-state index in [4.69, 9.17) is 19.9 Å². The minimum Gasteiger partial charge on any atom is -0.480 e. The van der Waals surface area contributed by atoms with E-state index >= 15 is 0 Å². The highest BCUT2D eigenvalue weighted by atomic mass is 16.6. The van der Waals surface area contributed by atoms with Crippen LogP contribution in [0.25, 0.3) is 0 Å². The maximum atomic E-state index is 11.5. The summed E-state index contributed by atoms with van der Waals surface area (Å²) in [5, 5.41) is 2.62. The number of hydrogen-bond acceptors (Lipinski definition) is 6. The lowest BCUT2D eigenvalue weighted by Gasteiger charge is -2.13. The molecule has 0 spiro atoms. The average Bonchev–Trinajstić information content (AvgIpc) is 2.44. The van der Waals surface area contributed by atoms with Gasteiger partial charge in [-0.25, -0.2) is 4.79 Å². The molecule has 0 aliphatic rings. The summed E-state index contributed by atoms with van der Waals surface area (Å²) >= 11 is 0. The highest BCUT2D eigenvalue weighted by molar-refractivity contribution is 5.81.